The smallest absolute Gasteiger partial charge is 0.255 e. The molecule has 0 atom stereocenters. The molecule has 0 aromatic carbocycles. The fourth-order valence-corrected chi connectivity index (χ4v) is 3.40. The van der Waals surface area contributed by atoms with Gasteiger partial charge in [0.1, 0.15) is 5.69 Å². The molecule has 0 unspecified atom stereocenters. The number of carbonyl (C=O) groups excluding carboxylic acids is 1. The molecule has 0 saturated carbocycles. The summed E-state index contributed by atoms with van der Waals surface area (Å²) in [6.45, 7) is 8.97. The average Bonchev–Trinajstić information content (AvgIpc) is 2.43. The highest BCUT2D eigenvalue weighted by Crippen LogP contribution is 2.26. The first kappa shape index (κ1) is 17.1. The van der Waals surface area contributed by atoms with Gasteiger partial charge >= 0.3 is 0 Å². The standard InChI is InChI=1S/C15H23N3O3S/c1-9(2)14(19)13-7-11-5-6-18(10(3)4)8-12(11)15(17-13)22(16,20)21/h7,9-10H,5-6,8H2,1-4H3,(H2,16,20,21). The maximum absolute atomic E-state index is 12.2. The van der Waals surface area contributed by atoms with Crippen LogP contribution in [0.4, 0.5) is 0 Å². The summed E-state index contributed by atoms with van der Waals surface area (Å²) in [5.41, 5.74) is 1.68. The molecule has 0 amide bonds. The van der Waals surface area contributed by atoms with Gasteiger partial charge in [-0.05, 0) is 31.9 Å². The topological polar surface area (TPSA) is 93.4 Å². The number of hydrogen-bond donors (Lipinski definition) is 1. The van der Waals surface area contributed by atoms with Crippen LogP contribution >= 0.6 is 0 Å². The number of sulfonamides is 1. The number of nitrogens with two attached hydrogens (primary N) is 1. The van der Waals surface area contributed by atoms with Crippen molar-refractivity contribution in [1.29, 1.82) is 0 Å². The molecule has 0 radical (unpaired) electrons. The zero-order chi connectivity index (χ0) is 16.7. The predicted octanol–water partition coefficient (Wildman–Crippen LogP) is 1.33. The van der Waals surface area contributed by atoms with Gasteiger partial charge in [0, 0.05) is 30.6 Å². The van der Waals surface area contributed by atoms with Crippen LogP contribution < -0.4 is 5.14 Å². The molecule has 1 aromatic heterocycles. The number of rotatable bonds is 4. The van der Waals surface area contributed by atoms with Crippen molar-refractivity contribution >= 4 is 15.8 Å². The van der Waals surface area contributed by atoms with Crippen LogP contribution in [0.2, 0.25) is 0 Å². The van der Waals surface area contributed by atoms with Crippen molar-refractivity contribution in [2.45, 2.75) is 51.7 Å². The van der Waals surface area contributed by atoms with Crippen LogP contribution in [0.25, 0.3) is 0 Å². The van der Waals surface area contributed by atoms with Crippen LogP contribution in [0.1, 0.15) is 49.3 Å². The fraction of sp³-hybridized carbons (Fsp3) is 0.600. The number of Topliss-reactive ketones (excluding diaryl/α,β-unsaturated/α-hetero) is 1. The van der Waals surface area contributed by atoms with Crippen molar-refractivity contribution in [2.75, 3.05) is 6.54 Å². The molecule has 0 fully saturated rings. The predicted molar refractivity (Wildman–Crippen MR) is 84.0 cm³/mol. The van der Waals surface area contributed by atoms with Crippen LogP contribution in [0, 0.1) is 5.92 Å². The summed E-state index contributed by atoms with van der Waals surface area (Å²) in [5, 5.41) is 5.17. The van der Waals surface area contributed by atoms with Gasteiger partial charge in [-0.3, -0.25) is 9.69 Å². The lowest BCUT2D eigenvalue weighted by atomic mass is 9.97. The number of aromatic nitrogens is 1. The summed E-state index contributed by atoms with van der Waals surface area (Å²) in [5.74, 6) is -0.409. The Bertz CT molecular complexity index is 696. The Labute approximate surface area is 131 Å². The quantitative estimate of drug-likeness (QED) is 0.843. The molecule has 122 valence electrons. The third-order valence-corrected chi connectivity index (χ3v) is 4.86. The van der Waals surface area contributed by atoms with E-state index in [1.165, 1.54) is 0 Å². The van der Waals surface area contributed by atoms with Crippen LogP contribution in [0.5, 0.6) is 0 Å². The summed E-state index contributed by atoms with van der Waals surface area (Å²) in [4.78, 5) is 18.4. The van der Waals surface area contributed by atoms with Crippen molar-refractivity contribution in [3.05, 3.63) is 22.9 Å². The number of fused-ring (bicyclic) bond motifs is 1. The lowest BCUT2D eigenvalue weighted by molar-refractivity contribution is 0.0933. The van der Waals surface area contributed by atoms with E-state index in [1.54, 1.807) is 19.9 Å². The first-order valence-electron chi connectivity index (χ1n) is 7.45. The van der Waals surface area contributed by atoms with Crippen LogP contribution in [0.15, 0.2) is 11.1 Å². The molecule has 0 spiro atoms. The van der Waals surface area contributed by atoms with Crippen molar-refractivity contribution in [2.24, 2.45) is 11.1 Å². The minimum atomic E-state index is -3.97. The summed E-state index contributed by atoms with van der Waals surface area (Å²) in [6.07, 6.45) is 0.691. The summed E-state index contributed by atoms with van der Waals surface area (Å²) in [7, 11) is -3.97. The molecule has 7 heteroatoms. The van der Waals surface area contributed by atoms with Crippen LogP contribution in [-0.4, -0.2) is 36.7 Å². The molecule has 2 heterocycles. The van der Waals surface area contributed by atoms with Gasteiger partial charge in [0.05, 0.1) is 0 Å². The second kappa shape index (κ2) is 6.06. The van der Waals surface area contributed by atoms with Gasteiger partial charge < -0.3 is 0 Å². The maximum Gasteiger partial charge on any atom is 0.255 e. The molecule has 2 N–H and O–H groups in total. The van der Waals surface area contributed by atoms with Gasteiger partial charge in [-0.2, -0.15) is 0 Å². The third kappa shape index (κ3) is 3.37. The zero-order valence-corrected chi connectivity index (χ0v) is 14.3. The van der Waals surface area contributed by atoms with E-state index in [0.29, 0.717) is 24.6 Å². The molecule has 0 saturated heterocycles. The van der Waals surface area contributed by atoms with Gasteiger partial charge in [-0.15, -0.1) is 0 Å². The van der Waals surface area contributed by atoms with E-state index in [1.807, 2.05) is 0 Å². The zero-order valence-electron chi connectivity index (χ0n) is 13.5. The van der Waals surface area contributed by atoms with E-state index < -0.39 is 10.0 Å². The summed E-state index contributed by atoms with van der Waals surface area (Å²) in [6, 6.07) is 2.03. The molecule has 0 bridgehead atoms. The number of primary sulfonamides is 1. The highest BCUT2D eigenvalue weighted by atomic mass is 32.2. The van der Waals surface area contributed by atoms with E-state index in [0.717, 1.165) is 12.1 Å². The van der Waals surface area contributed by atoms with Gasteiger partial charge in [0.15, 0.2) is 10.8 Å². The first-order valence-corrected chi connectivity index (χ1v) is 8.99. The molecule has 2 rings (SSSR count). The van der Waals surface area contributed by atoms with Gasteiger partial charge in [-0.25, -0.2) is 18.5 Å². The second-order valence-corrected chi connectivity index (χ2v) is 7.81. The number of carbonyl (C=O) groups is 1. The monoisotopic (exact) mass is 325 g/mol. The van der Waals surface area contributed by atoms with E-state index in [9.17, 15) is 13.2 Å². The van der Waals surface area contributed by atoms with Crippen LogP contribution in [0.3, 0.4) is 0 Å². The second-order valence-electron chi connectivity index (χ2n) is 6.33. The van der Waals surface area contributed by atoms with E-state index in [-0.39, 0.29) is 22.4 Å². The Morgan fingerprint density at radius 2 is 1.95 bits per heavy atom. The highest BCUT2D eigenvalue weighted by Gasteiger charge is 2.28. The summed E-state index contributed by atoms with van der Waals surface area (Å²) >= 11 is 0. The van der Waals surface area contributed by atoms with Crippen molar-refractivity contribution < 1.29 is 13.2 Å². The normalized spacial score (nSPS) is 16.1. The van der Waals surface area contributed by atoms with Crippen molar-refractivity contribution in [3.63, 3.8) is 0 Å². The minimum absolute atomic E-state index is 0.153. The SMILES string of the molecule is CC(C)C(=O)c1cc2c(c(S(N)(=O)=O)n1)CN(C(C)C)CC2. The Kier molecular flexibility index (Phi) is 4.70. The lowest BCUT2D eigenvalue weighted by Gasteiger charge is -2.32. The van der Waals surface area contributed by atoms with Gasteiger partial charge in [0.2, 0.25) is 0 Å². The Morgan fingerprint density at radius 1 is 1.32 bits per heavy atom. The Hall–Kier alpha value is -1.31. The molecule has 22 heavy (non-hydrogen) atoms. The van der Waals surface area contributed by atoms with E-state index >= 15 is 0 Å². The number of ketones is 1. The largest absolute Gasteiger partial charge is 0.296 e. The third-order valence-electron chi connectivity index (χ3n) is 3.98. The summed E-state index contributed by atoms with van der Waals surface area (Å²) < 4.78 is 23.8. The average molecular weight is 325 g/mol. The van der Waals surface area contributed by atoms with E-state index in [2.05, 4.69) is 23.7 Å². The molecular formula is C15H23N3O3S. The van der Waals surface area contributed by atoms with Crippen molar-refractivity contribution in [3.8, 4) is 0 Å². The van der Waals surface area contributed by atoms with Gasteiger partial charge in [-0.1, -0.05) is 13.8 Å². The van der Waals surface area contributed by atoms with E-state index in [4.69, 9.17) is 5.14 Å². The number of pyridine rings is 1. The number of hydrogen-bond acceptors (Lipinski definition) is 5. The maximum atomic E-state index is 12.2. The minimum Gasteiger partial charge on any atom is -0.296 e. The Balaban J connectivity index is 2.59. The number of nitrogens with zero attached hydrogens (tertiary/aromatic N) is 2. The highest BCUT2D eigenvalue weighted by molar-refractivity contribution is 7.89. The fourth-order valence-electron chi connectivity index (χ4n) is 2.64. The molecule has 0 aliphatic carbocycles. The molecule has 1 aliphatic heterocycles. The molecule has 6 nitrogen and oxygen atoms in total. The molecule has 1 aliphatic rings. The molecular weight excluding hydrogens is 302 g/mol. The van der Waals surface area contributed by atoms with Crippen molar-refractivity contribution in [1.82, 2.24) is 9.88 Å². The van der Waals surface area contributed by atoms with Gasteiger partial charge in [0.25, 0.3) is 10.0 Å². The Morgan fingerprint density at radius 3 is 2.45 bits per heavy atom. The molecule has 1 aromatic rings. The first-order chi connectivity index (χ1) is 10.1. The lowest BCUT2D eigenvalue weighted by Crippen LogP contribution is -2.37. The van der Waals surface area contributed by atoms with Crippen LogP contribution in [-0.2, 0) is 23.0 Å².